The van der Waals surface area contributed by atoms with Crippen molar-refractivity contribution in [2.75, 3.05) is 20.2 Å². The van der Waals surface area contributed by atoms with E-state index in [1.807, 2.05) is 0 Å². The lowest BCUT2D eigenvalue weighted by Gasteiger charge is -2.25. The number of nitrogens with zero attached hydrogens (tertiary/aromatic N) is 1. The Morgan fingerprint density at radius 2 is 2.12 bits per heavy atom. The third-order valence-electron chi connectivity index (χ3n) is 3.37. The van der Waals surface area contributed by atoms with Crippen LogP contribution in [0.2, 0.25) is 0 Å². The van der Waals surface area contributed by atoms with Crippen LogP contribution >= 0.6 is 0 Å². The van der Waals surface area contributed by atoms with Crippen molar-refractivity contribution in [3.8, 4) is 0 Å². The van der Waals surface area contributed by atoms with Gasteiger partial charge in [0, 0.05) is 6.54 Å². The average Bonchev–Trinajstić information content (AvgIpc) is 2.97. The van der Waals surface area contributed by atoms with Crippen LogP contribution in [-0.4, -0.2) is 49.1 Å². The van der Waals surface area contributed by atoms with Crippen LogP contribution < -0.4 is 5.32 Å². The van der Waals surface area contributed by atoms with Gasteiger partial charge in [-0.3, -0.25) is 4.79 Å². The van der Waals surface area contributed by atoms with Crippen LogP contribution in [0.1, 0.15) is 25.7 Å². The number of nitrogens with one attached hydrogen (secondary N) is 1. The van der Waals surface area contributed by atoms with Gasteiger partial charge in [0.2, 0.25) is 5.91 Å². The first kappa shape index (κ1) is 11.4. The molecule has 5 nitrogen and oxygen atoms in total. The third-order valence-corrected chi connectivity index (χ3v) is 3.37. The van der Waals surface area contributed by atoms with Crippen LogP contribution in [0.3, 0.4) is 0 Å². The minimum Gasteiger partial charge on any atom is -0.467 e. The Balaban J connectivity index is 2.01. The summed E-state index contributed by atoms with van der Waals surface area (Å²) < 4.78 is 4.72. The van der Waals surface area contributed by atoms with Crippen molar-refractivity contribution in [3.05, 3.63) is 0 Å². The molecule has 2 aliphatic heterocycles. The molecular formula is C11H18N2O3. The molecule has 2 atom stereocenters. The van der Waals surface area contributed by atoms with Crippen LogP contribution in [0.5, 0.6) is 0 Å². The molecule has 0 bridgehead atoms. The molecule has 1 N–H and O–H groups in total. The summed E-state index contributed by atoms with van der Waals surface area (Å²) in [6, 6.07) is -0.454. The van der Waals surface area contributed by atoms with E-state index in [1.165, 1.54) is 7.11 Å². The number of esters is 1. The zero-order valence-electron chi connectivity index (χ0n) is 9.57. The van der Waals surface area contributed by atoms with Gasteiger partial charge in [-0.2, -0.15) is 0 Å². The summed E-state index contributed by atoms with van der Waals surface area (Å²) in [7, 11) is 1.37. The smallest absolute Gasteiger partial charge is 0.328 e. The van der Waals surface area contributed by atoms with Gasteiger partial charge in [-0.05, 0) is 32.2 Å². The lowest BCUT2D eigenvalue weighted by atomic mass is 10.1. The van der Waals surface area contributed by atoms with Crippen molar-refractivity contribution < 1.29 is 14.3 Å². The largest absolute Gasteiger partial charge is 0.467 e. The third kappa shape index (κ3) is 2.04. The number of hydrogen-bond donors (Lipinski definition) is 1. The zero-order valence-corrected chi connectivity index (χ0v) is 9.57. The second-order valence-electron chi connectivity index (χ2n) is 4.36. The van der Waals surface area contributed by atoms with E-state index < -0.39 is 0 Å². The summed E-state index contributed by atoms with van der Waals surface area (Å²) in [4.78, 5) is 25.3. The van der Waals surface area contributed by atoms with E-state index >= 15 is 0 Å². The summed E-state index contributed by atoms with van der Waals surface area (Å²) in [5.74, 6) is -0.228. The molecule has 90 valence electrons. The van der Waals surface area contributed by atoms with Crippen LogP contribution in [0.4, 0.5) is 0 Å². The van der Waals surface area contributed by atoms with Gasteiger partial charge < -0.3 is 15.0 Å². The minimum atomic E-state index is -0.361. The van der Waals surface area contributed by atoms with E-state index in [2.05, 4.69) is 5.32 Å². The first-order valence-electron chi connectivity index (χ1n) is 5.85. The van der Waals surface area contributed by atoms with Crippen molar-refractivity contribution in [2.24, 2.45) is 0 Å². The second kappa shape index (κ2) is 4.82. The standard InChI is InChI=1S/C11H18N2O3/c1-16-11(15)9-5-3-7-13(9)10(14)8-4-2-6-12-8/h8-9,12H,2-7H2,1H3/t8-,9+/m1/s1. The van der Waals surface area contributed by atoms with Gasteiger partial charge in [0.15, 0.2) is 0 Å². The lowest BCUT2D eigenvalue weighted by molar-refractivity contribution is -0.151. The monoisotopic (exact) mass is 226 g/mol. The van der Waals surface area contributed by atoms with Crippen molar-refractivity contribution >= 4 is 11.9 Å². The molecule has 0 aliphatic carbocycles. The number of rotatable bonds is 2. The molecule has 0 radical (unpaired) electrons. The van der Waals surface area contributed by atoms with E-state index in [0.29, 0.717) is 6.54 Å². The maximum Gasteiger partial charge on any atom is 0.328 e. The van der Waals surface area contributed by atoms with E-state index in [1.54, 1.807) is 4.90 Å². The summed E-state index contributed by atoms with van der Waals surface area (Å²) in [5, 5.41) is 3.17. The second-order valence-corrected chi connectivity index (χ2v) is 4.36. The van der Waals surface area contributed by atoms with Crippen molar-refractivity contribution in [3.63, 3.8) is 0 Å². The predicted molar refractivity (Wildman–Crippen MR) is 57.8 cm³/mol. The van der Waals surface area contributed by atoms with Gasteiger partial charge in [0.05, 0.1) is 13.2 Å². The summed E-state index contributed by atoms with van der Waals surface area (Å²) in [5.41, 5.74) is 0. The number of ether oxygens (including phenoxy) is 1. The van der Waals surface area contributed by atoms with Crippen molar-refractivity contribution in [2.45, 2.75) is 37.8 Å². The number of likely N-dealkylation sites (tertiary alicyclic amines) is 1. The topological polar surface area (TPSA) is 58.6 Å². The molecule has 16 heavy (non-hydrogen) atoms. The number of carbonyl (C=O) groups excluding carboxylic acids is 2. The molecule has 0 unspecified atom stereocenters. The summed E-state index contributed by atoms with van der Waals surface area (Å²) in [6.07, 6.45) is 3.53. The van der Waals surface area contributed by atoms with Gasteiger partial charge >= 0.3 is 5.97 Å². The fraction of sp³-hybridized carbons (Fsp3) is 0.818. The Morgan fingerprint density at radius 1 is 1.31 bits per heavy atom. The van der Waals surface area contributed by atoms with Crippen LogP contribution in [-0.2, 0) is 14.3 Å². The fourth-order valence-electron chi connectivity index (χ4n) is 2.51. The fourth-order valence-corrected chi connectivity index (χ4v) is 2.51. The van der Waals surface area contributed by atoms with E-state index in [9.17, 15) is 9.59 Å². The Morgan fingerprint density at radius 3 is 2.75 bits per heavy atom. The van der Waals surface area contributed by atoms with Gasteiger partial charge in [0.25, 0.3) is 0 Å². The van der Waals surface area contributed by atoms with Gasteiger partial charge in [0.1, 0.15) is 6.04 Å². The Kier molecular flexibility index (Phi) is 3.43. The van der Waals surface area contributed by atoms with Crippen LogP contribution in [0.25, 0.3) is 0 Å². The molecule has 2 aliphatic rings. The SMILES string of the molecule is COC(=O)[C@@H]1CCCN1C(=O)[C@H]1CCCN1. The molecule has 1 amide bonds. The molecule has 0 aromatic heterocycles. The number of methoxy groups -OCH3 is 1. The van der Waals surface area contributed by atoms with Gasteiger partial charge in [-0.1, -0.05) is 0 Å². The van der Waals surface area contributed by atoms with Crippen LogP contribution in [0, 0.1) is 0 Å². The molecule has 0 saturated carbocycles. The highest BCUT2D eigenvalue weighted by Gasteiger charge is 2.38. The molecule has 2 heterocycles. The molecule has 2 fully saturated rings. The highest BCUT2D eigenvalue weighted by Crippen LogP contribution is 2.21. The highest BCUT2D eigenvalue weighted by molar-refractivity contribution is 5.88. The Labute approximate surface area is 95.1 Å². The molecule has 0 spiro atoms. The molecule has 0 aromatic carbocycles. The molecular weight excluding hydrogens is 208 g/mol. The van der Waals surface area contributed by atoms with Crippen LogP contribution in [0.15, 0.2) is 0 Å². The van der Waals surface area contributed by atoms with Gasteiger partial charge in [-0.25, -0.2) is 4.79 Å². The number of carbonyl (C=O) groups is 2. The number of amides is 1. The quantitative estimate of drug-likeness (QED) is 0.668. The predicted octanol–water partition coefficient (Wildman–Crippen LogP) is -0.0976. The summed E-state index contributed by atoms with van der Waals surface area (Å²) >= 11 is 0. The van der Waals surface area contributed by atoms with E-state index in [0.717, 1.165) is 32.2 Å². The van der Waals surface area contributed by atoms with Crippen molar-refractivity contribution in [1.29, 1.82) is 0 Å². The van der Waals surface area contributed by atoms with E-state index in [-0.39, 0.29) is 24.0 Å². The van der Waals surface area contributed by atoms with E-state index in [4.69, 9.17) is 4.74 Å². The van der Waals surface area contributed by atoms with Gasteiger partial charge in [-0.15, -0.1) is 0 Å². The number of hydrogen-bond acceptors (Lipinski definition) is 4. The first-order chi connectivity index (χ1) is 7.74. The zero-order chi connectivity index (χ0) is 11.5. The molecule has 5 heteroatoms. The maximum atomic E-state index is 12.1. The lowest BCUT2D eigenvalue weighted by Crippen LogP contribution is -2.48. The first-order valence-corrected chi connectivity index (χ1v) is 5.85. The molecule has 0 aromatic rings. The van der Waals surface area contributed by atoms with Crippen molar-refractivity contribution in [1.82, 2.24) is 10.2 Å². The Bertz CT molecular complexity index is 287. The Hall–Kier alpha value is -1.10. The molecule has 2 rings (SSSR count). The highest BCUT2D eigenvalue weighted by atomic mass is 16.5. The minimum absolute atomic E-state index is 0.0606. The summed E-state index contributed by atoms with van der Waals surface area (Å²) in [6.45, 7) is 1.57. The average molecular weight is 226 g/mol. The molecule has 2 saturated heterocycles. The normalized spacial score (nSPS) is 29.4. The maximum absolute atomic E-state index is 12.1.